The first kappa shape index (κ1) is 63.4. The number of aromatic nitrogens is 1. The molecule has 0 aliphatic carbocycles. The monoisotopic (exact) mass is 1230 g/mol. The highest BCUT2D eigenvalue weighted by atomic mass is 16.6. The van der Waals surface area contributed by atoms with Crippen molar-refractivity contribution in [3.8, 4) is 58.2 Å². The number of nitro groups is 2. The van der Waals surface area contributed by atoms with Crippen molar-refractivity contribution in [3.05, 3.63) is 196 Å². The van der Waals surface area contributed by atoms with Crippen LogP contribution in [0.15, 0.2) is 124 Å². The van der Waals surface area contributed by atoms with E-state index in [1.807, 2.05) is 24.3 Å². The zero-order chi connectivity index (χ0) is 64.1. The average molecular weight is 1230 g/mol. The number of hydrogen-bond acceptors (Lipinski definition) is 13. The molecule has 5 heterocycles. The molecule has 7 aromatic rings. The molecular formula is C76H76N6O10. The zero-order valence-electron chi connectivity index (χ0n) is 53.2. The molecule has 470 valence electrons. The Hall–Kier alpha value is -10.2. The Morgan fingerprint density at radius 2 is 0.793 bits per heavy atom. The molecule has 0 fully saturated rings. The third kappa shape index (κ3) is 14.4. The minimum absolute atomic E-state index is 0.0506. The summed E-state index contributed by atoms with van der Waals surface area (Å²) in [5.74, 6) is 17.0. The SMILES string of the molecule is CCCCOc1cc2c(cc1OCCCC)/C1=C/C3=NC(/C=C4N=C(/C=c5\[nH]/c(c6cc(OCCCC)c(OCCCC)cc56)=C\C2=N1)c1cc(OCCCC)c(OCCCC)cc1\4)c1cc(C#Cc2ccc([N+](=O)[O-])cc2)c(C#Cc2ccc([N+](=O)[O-])cc2)cc13. The lowest BCUT2D eigenvalue weighted by Gasteiger charge is -2.15. The van der Waals surface area contributed by atoms with Gasteiger partial charge in [-0.15, -0.1) is 0 Å². The summed E-state index contributed by atoms with van der Waals surface area (Å²) in [6.45, 7) is 15.9. The largest absolute Gasteiger partial charge is 0.490 e. The molecule has 1 unspecified atom stereocenters. The van der Waals surface area contributed by atoms with Crippen molar-refractivity contribution in [3.63, 3.8) is 0 Å². The molecule has 1 aromatic heterocycles. The number of non-ortho nitro benzene ring substituents is 2. The number of rotatable bonds is 26. The number of nitrogens with zero attached hydrogens (tertiary/aromatic N) is 5. The van der Waals surface area contributed by atoms with Gasteiger partial charge >= 0.3 is 0 Å². The molecular weight excluding hydrogens is 1160 g/mol. The van der Waals surface area contributed by atoms with E-state index in [9.17, 15) is 20.2 Å². The predicted molar refractivity (Wildman–Crippen MR) is 365 cm³/mol. The van der Waals surface area contributed by atoms with E-state index in [1.54, 1.807) is 24.3 Å². The number of ether oxygens (including phenoxy) is 6. The van der Waals surface area contributed by atoms with Crippen LogP contribution in [-0.4, -0.2) is 71.6 Å². The van der Waals surface area contributed by atoms with E-state index < -0.39 is 15.9 Å². The van der Waals surface area contributed by atoms with Crippen molar-refractivity contribution < 1.29 is 38.3 Å². The number of aromatic amines is 1. The average Bonchev–Trinajstić information content (AvgIpc) is 1.60. The van der Waals surface area contributed by atoms with Crippen LogP contribution in [0.1, 0.15) is 180 Å². The van der Waals surface area contributed by atoms with Gasteiger partial charge < -0.3 is 33.4 Å². The highest BCUT2D eigenvalue weighted by Crippen LogP contribution is 2.45. The molecule has 92 heavy (non-hydrogen) atoms. The molecule has 0 radical (unpaired) electrons. The number of unbranched alkanes of at least 4 members (excludes halogenated alkanes) is 6. The number of nitro benzene ring substituents is 2. The molecule has 0 saturated carbocycles. The fourth-order valence-electron chi connectivity index (χ4n) is 11.1. The van der Waals surface area contributed by atoms with E-state index >= 15 is 0 Å². The molecule has 4 aliphatic heterocycles. The first-order valence-corrected chi connectivity index (χ1v) is 32.4. The molecule has 0 saturated heterocycles. The summed E-state index contributed by atoms with van der Waals surface area (Å²) >= 11 is 0. The molecule has 0 spiro atoms. The maximum Gasteiger partial charge on any atom is 0.269 e. The quantitative estimate of drug-likeness (QED) is 0.0236. The van der Waals surface area contributed by atoms with Gasteiger partial charge in [0.1, 0.15) is 0 Å². The molecule has 8 bridgehead atoms. The van der Waals surface area contributed by atoms with Crippen LogP contribution in [0.4, 0.5) is 11.4 Å². The molecule has 11 rings (SSSR count). The van der Waals surface area contributed by atoms with E-state index in [0.29, 0.717) is 125 Å². The van der Waals surface area contributed by atoms with Crippen LogP contribution < -0.4 is 39.1 Å². The summed E-state index contributed by atoms with van der Waals surface area (Å²) in [5.41, 5.74) is 10.4. The number of fused-ring (bicyclic) bond motifs is 17. The maximum absolute atomic E-state index is 11.7. The summed E-state index contributed by atoms with van der Waals surface area (Å²) in [7, 11) is 0. The number of hydrogen-bond donors (Lipinski definition) is 1. The van der Waals surface area contributed by atoms with Gasteiger partial charge in [-0.1, -0.05) is 104 Å². The molecule has 0 amide bonds. The van der Waals surface area contributed by atoms with Gasteiger partial charge in [-0.05, 0) is 141 Å². The Kier molecular flexibility index (Phi) is 20.4. The lowest BCUT2D eigenvalue weighted by atomic mass is 9.92. The standard InChI is InChI=1S/C76H76N6O10/c1-7-13-31-87-71-39-57-59(41-73(71)89-33-15-9-3)67-47-69-61-43-75(91-35-17-11-5)76(92-36-18-12-6)44-62(61)70(80-69)48-68-60-42-74(90-34-16-10-4)72(88-32-14-8-2)40-58(60)66(79-68)46-64-56-38-52(26-20-50-23-29-54(30-24-50)82(85)86)51(37-55(56)63(77-64)45-65(57)78-67)25-19-49-21-27-53(28-22-49)81(83)84/h21-24,27-30,37-48,63,80H,7-18,31-36H2,1-6H3/b65-45-,66-46-,69-47-,70-48-. The Morgan fingerprint density at radius 1 is 0.424 bits per heavy atom. The number of nitrogens with one attached hydrogen (secondary N) is 1. The third-order valence-electron chi connectivity index (χ3n) is 16.3. The molecule has 16 heteroatoms. The summed E-state index contributed by atoms with van der Waals surface area (Å²) in [4.78, 5) is 43.0. The van der Waals surface area contributed by atoms with Gasteiger partial charge in [0, 0.05) is 95.8 Å². The number of H-pyrrole nitrogens is 1. The van der Waals surface area contributed by atoms with Crippen LogP contribution in [0.2, 0.25) is 0 Å². The first-order valence-electron chi connectivity index (χ1n) is 32.4. The van der Waals surface area contributed by atoms with Crippen LogP contribution in [0, 0.1) is 43.9 Å². The van der Waals surface area contributed by atoms with Crippen LogP contribution in [0.3, 0.4) is 0 Å². The Bertz CT molecular complexity index is 4400. The van der Waals surface area contributed by atoms with Crippen LogP contribution in [0.25, 0.3) is 34.3 Å². The molecule has 16 nitrogen and oxygen atoms in total. The van der Waals surface area contributed by atoms with Gasteiger partial charge in [-0.3, -0.25) is 25.2 Å². The number of benzene rings is 6. The summed E-state index contributed by atoms with van der Waals surface area (Å²) in [6, 6.07) is 27.9. The lowest BCUT2D eigenvalue weighted by Crippen LogP contribution is -2.14. The second kappa shape index (κ2) is 29.6. The fourth-order valence-corrected chi connectivity index (χ4v) is 11.1. The topological polar surface area (TPSA) is 195 Å². The van der Waals surface area contributed by atoms with Crippen molar-refractivity contribution in [1.29, 1.82) is 0 Å². The van der Waals surface area contributed by atoms with E-state index in [-0.39, 0.29) is 11.4 Å². The van der Waals surface area contributed by atoms with E-state index in [0.717, 1.165) is 132 Å². The number of aliphatic imine (C=N–C) groups is 3. The highest BCUT2D eigenvalue weighted by molar-refractivity contribution is 6.30. The Morgan fingerprint density at radius 3 is 1.20 bits per heavy atom. The van der Waals surface area contributed by atoms with Crippen molar-refractivity contribution >= 4 is 62.8 Å². The molecule has 6 aromatic carbocycles. The van der Waals surface area contributed by atoms with Gasteiger partial charge in [-0.25, -0.2) is 9.98 Å². The smallest absolute Gasteiger partial charge is 0.269 e. The maximum atomic E-state index is 11.7. The van der Waals surface area contributed by atoms with Crippen LogP contribution >= 0.6 is 0 Å². The second-order valence-corrected chi connectivity index (χ2v) is 23.1. The van der Waals surface area contributed by atoms with E-state index in [2.05, 4.69) is 119 Å². The zero-order valence-corrected chi connectivity index (χ0v) is 53.2. The van der Waals surface area contributed by atoms with Gasteiger partial charge in [-0.2, -0.15) is 0 Å². The van der Waals surface area contributed by atoms with Gasteiger partial charge in [0.15, 0.2) is 34.5 Å². The van der Waals surface area contributed by atoms with E-state index in [1.165, 1.54) is 24.3 Å². The summed E-state index contributed by atoms with van der Waals surface area (Å²) in [6.07, 6.45) is 19.3. The van der Waals surface area contributed by atoms with Crippen molar-refractivity contribution in [2.45, 2.75) is 125 Å². The van der Waals surface area contributed by atoms with Crippen molar-refractivity contribution in [2.24, 2.45) is 15.0 Å². The lowest BCUT2D eigenvalue weighted by molar-refractivity contribution is -0.385. The summed E-state index contributed by atoms with van der Waals surface area (Å²) in [5, 5.41) is 26.7. The highest BCUT2D eigenvalue weighted by Gasteiger charge is 2.32. The van der Waals surface area contributed by atoms with Crippen molar-refractivity contribution in [1.82, 2.24) is 4.98 Å². The number of allylic oxidation sites excluding steroid dienone is 1. The van der Waals surface area contributed by atoms with Gasteiger partial charge in [0.05, 0.1) is 84.1 Å². The third-order valence-corrected chi connectivity index (χ3v) is 16.3. The van der Waals surface area contributed by atoms with E-state index in [4.69, 9.17) is 43.4 Å². The molecule has 1 atom stereocenters. The van der Waals surface area contributed by atoms with Crippen LogP contribution in [-0.2, 0) is 0 Å². The Labute approximate surface area is 536 Å². The normalized spacial score (nSPS) is 15.7. The Balaban J connectivity index is 1.20. The first-order chi connectivity index (χ1) is 45.0. The minimum Gasteiger partial charge on any atom is -0.490 e. The van der Waals surface area contributed by atoms with Crippen LogP contribution in [0.5, 0.6) is 34.5 Å². The van der Waals surface area contributed by atoms with Crippen molar-refractivity contribution in [2.75, 3.05) is 39.6 Å². The minimum atomic E-state index is -0.637. The molecule has 1 N–H and O–H groups in total. The molecule has 4 aliphatic rings. The predicted octanol–water partition coefficient (Wildman–Crippen LogP) is 15.7. The summed E-state index contributed by atoms with van der Waals surface area (Å²) < 4.78 is 39.6. The fraction of sp³-hybridized carbons (Fsp3) is 0.329. The second-order valence-electron chi connectivity index (χ2n) is 23.1. The van der Waals surface area contributed by atoms with Gasteiger partial charge in [0.25, 0.3) is 11.4 Å². The van der Waals surface area contributed by atoms with Gasteiger partial charge in [0.2, 0.25) is 0 Å².